The van der Waals surface area contributed by atoms with Crippen LogP contribution >= 0.6 is 0 Å². The molecule has 20 heavy (non-hydrogen) atoms. The zero-order chi connectivity index (χ0) is 13.5. The third kappa shape index (κ3) is 1.76. The van der Waals surface area contributed by atoms with E-state index in [1.165, 1.54) is 5.56 Å². The van der Waals surface area contributed by atoms with Gasteiger partial charge in [-0.2, -0.15) is 0 Å². The third-order valence-corrected chi connectivity index (χ3v) is 3.96. The van der Waals surface area contributed by atoms with E-state index in [9.17, 15) is 5.11 Å². The number of anilines is 1. The average Bonchev–Trinajstić information content (AvgIpc) is 3.06. The summed E-state index contributed by atoms with van der Waals surface area (Å²) in [6, 6.07) is 11.8. The number of benzene rings is 2. The molecule has 2 N–H and O–H groups in total. The summed E-state index contributed by atoms with van der Waals surface area (Å²) < 4.78 is 10.7. The molecule has 2 aromatic rings. The van der Waals surface area contributed by atoms with Crippen molar-refractivity contribution in [3.8, 4) is 17.2 Å². The molecule has 1 heterocycles. The molecule has 0 fully saturated rings. The van der Waals surface area contributed by atoms with Crippen LogP contribution in [0.2, 0.25) is 0 Å². The summed E-state index contributed by atoms with van der Waals surface area (Å²) in [7, 11) is 0. The number of phenolic OH excluding ortho intramolecular Hbond substituents is 1. The fourth-order valence-corrected chi connectivity index (χ4v) is 2.97. The third-order valence-electron chi connectivity index (χ3n) is 3.96. The topological polar surface area (TPSA) is 50.7 Å². The molecule has 1 aliphatic carbocycles. The van der Waals surface area contributed by atoms with Gasteiger partial charge in [0.05, 0.1) is 6.04 Å². The SMILES string of the molecule is Oc1cccc2c1CCC2Nc1ccc2c(c1)OCO2. The van der Waals surface area contributed by atoms with Crippen molar-refractivity contribution in [3.63, 3.8) is 0 Å². The van der Waals surface area contributed by atoms with E-state index in [-0.39, 0.29) is 6.04 Å². The minimum absolute atomic E-state index is 0.234. The van der Waals surface area contributed by atoms with E-state index in [2.05, 4.69) is 11.4 Å². The highest BCUT2D eigenvalue weighted by atomic mass is 16.7. The van der Waals surface area contributed by atoms with Crippen LogP contribution in [0.4, 0.5) is 5.69 Å². The largest absolute Gasteiger partial charge is 0.508 e. The van der Waals surface area contributed by atoms with Gasteiger partial charge < -0.3 is 19.9 Å². The fourth-order valence-electron chi connectivity index (χ4n) is 2.97. The van der Waals surface area contributed by atoms with E-state index >= 15 is 0 Å². The molecular weight excluding hydrogens is 254 g/mol. The number of ether oxygens (including phenoxy) is 2. The Morgan fingerprint density at radius 3 is 2.95 bits per heavy atom. The quantitative estimate of drug-likeness (QED) is 0.879. The summed E-state index contributed by atoms with van der Waals surface area (Å²) >= 11 is 0. The molecule has 1 unspecified atom stereocenters. The van der Waals surface area contributed by atoms with Crippen molar-refractivity contribution in [1.29, 1.82) is 0 Å². The van der Waals surface area contributed by atoms with Crippen LogP contribution in [0.25, 0.3) is 0 Å². The first-order valence-corrected chi connectivity index (χ1v) is 6.78. The minimum Gasteiger partial charge on any atom is -0.508 e. The van der Waals surface area contributed by atoms with Crippen LogP contribution < -0.4 is 14.8 Å². The Labute approximate surface area is 117 Å². The summed E-state index contributed by atoms with van der Waals surface area (Å²) in [5.41, 5.74) is 3.25. The van der Waals surface area contributed by atoms with Gasteiger partial charge in [-0.15, -0.1) is 0 Å². The van der Waals surface area contributed by atoms with Crippen molar-refractivity contribution >= 4 is 5.69 Å². The molecule has 4 nitrogen and oxygen atoms in total. The van der Waals surface area contributed by atoms with E-state index < -0.39 is 0 Å². The Kier molecular flexibility index (Phi) is 2.49. The van der Waals surface area contributed by atoms with Gasteiger partial charge in [-0.3, -0.25) is 0 Å². The number of nitrogens with one attached hydrogen (secondary N) is 1. The lowest BCUT2D eigenvalue weighted by Crippen LogP contribution is -2.06. The van der Waals surface area contributed by atoms with Gasteiger partial charge >= 0.3 is 0 Å². The summed E-state index contributed by atoms with van der Waals surface area (Å²) in [5, 5.41) is 13.4. The highest BCUT2D eigenvalue weighted by Gasteiger charge is 2.25. The van der Waals surface area contributed by atoms with Gasteiger partial charge in [0.1, 0.15) is 5.75 Å². The second-order valence-electron chi connectivity index (χ2n) is 5.15. The van der Waals surface area contributed by atoms with E-state index in [4.69, 9.17) is 9.47 Å². The molecular formula is C16H15NO3. The average molecular weight is 269 g/mol. The van der Waals surface area contributed by atoms with Gasteiger partial charge in [-0.1, -0.05) is 12.1 Å². The summed E-state index contributed by atoms with van der Waals surface area (Å²) in [6.07, 6.45) is 1.89. The number of fused-ring (bicyclic) bond motifs is 2. The van der Waals surface area contributed by atoms with Crippen LogP contribution in [0, 0.1) is 0 Å². The van der Waals surface area contributed by atoms with E-state index in [0.29, 0.717) is 12.5 Å². The maximum Gasteiger partial charge on any atom is 0.231 e. The first kappa shape index (κ1) is 11.5. The van der Waals surface area contributed by atoms with Crippen LogP contribution in [0.1, 0.15) is 23.6 Å². The molecule has 1 aliphatic heterocycles. The fraction of sp³-hybridized carbons (Fsp3) is 0.250. The predicted octanol–water partition coefficient (Wildman–Crippen LogP) is 3.22. The van der Waals surface area contributed by atoms with Crippen LogP contribution in [0.15, 0.2) is 36.4 Å². The maximum atomic E-state index is 9.88. The molecule has 0 aromatic heterocycles. The van der Waals surface area contributed by atoms with Gasteiger partial charge in [0.15, 0.2) is 11.5 Å². The summed E-state index contributed by atoms with van der Waals surface area (Å²) in [4.78, 5) is 0. The summed E-state index contributed by atoms with van der Waals surface area (Å²) in [6.45, 7) is 0.291. The smallest absolute Gasteiger partial charge is 0.231 e. The predicted molar refractivity (Wildman–Crippen MR) is 75.4 cm³/mol. The Hall–Kier alpha value is -2.36. The lowest BCUT2D eigenvalue weighted by molar-refractivity contribution is 0.174. The molecule has 0 saturated carbocycles. The molecule has 0 bridgehead atoms. The zero-order valence-corrected chi connectivity index (χ0v) is 10.9. The number of hydrogen-bond donors (Lipinski definition) is 2. The molecule has 0 spiro atoms. The van der Waals surface area contributed by atoms with E-state index in [1.54, 1.807) is 6.07 Å². The Morgan fingerprint density at radius 1 is 1.10 bits per heavy atom. The minimum atomic E-state index is 0.234. The maximum absolute atomic E-state index is 9.88. The molecule has 0 radical (unpaired) electrons. The molecule has 2 aliphatic rings. The monoisotopic (exact) mass is 269 g/mol. The lowest BCUT2D eigenvalue weighted by atomic mass is 10.1. The standard InChI is InChI=1S/C16H15NO3/c18-14-3-1-2-11-12(14)5-6-13(11)17-10-4-7-15-16(8-10)20-9-19-15/h1-4,7-8,13,17-18H,5-6,9H2. The molecule has 102 valence electrons. The van der Waals surface area contributed by atoms with Crippen LogP contribution in [0.5, 0.6) is 17.2 Å². The highest BCUT2D eigenvalue weighted by molar-refractivity contribution is 5.58. The van der Waals surface area contributed by atoms with Gasteiger partial charge in [0.25, 0.3) is 0 Å². The van der Waals surface area contributed by atoms with Crippen molar-refractivity contribution in [2.24, 2.45) is 0 Å². The second-order valence-corrected chi connectivity index (χ2v) is 5.15. The Bertz CT molecular complexity index is 669. The number of rotatable bonds is 2. The van der Waals surface area contributed by atoms with Crippen LogP contribution in [-0.2, 0) is 6.42 Å². The molecule has 4 heteroatoms. The molecule has 4 rings (SSSR count). The second kappa shape index (κ2) is 4.34. The molecule has 2 aromatic carbocycles. The summed E-state index contributed by atoms with van der Waals surface area (Å²) in [5.74, 6) is 1.97. The van der Waals surface area contributed by atoms with Crippen LogP contribution in [0.3, 0.4) is 0 Å². The van der Waals surface area contributed by atoms with Crippen molar-refractivity contribution in [2.75, 3.05) is 12.1 Å². The van der Waals surface area contributed by atoms with Crippen LogP contribution in [-0.4, -0.2) is 11.9 Å². The Balaban J connectivity index is 1.61. The number of aromatic hydroxyl groups is 1. The van der Waals surface area contributed by atoms with Crippen molar-refractivity contribution in [2.45, 2.75) is 18.9 Å². The first-order valence-electron chi connectivity index (χ1n) is 6.78. The highest BCUT2D eigenvalue weighted by Crippen LogP contribution is 2.40. The van der Waals surface area contributed by atoms with E-state index in [0.717, 1.165) is 35.6 Å². The van der Waals surface area contributed by atoms with Gasteiger partial charge in [0, 0.05) is 11.8 Å². The number of phenols is 1. The van der Waals surface area contributed by atoms with Gasteiger partial charge in [-0.25, -0.2) is 0 Å². The normalized spacial score (nSPS) is 18.9. The Morgan fingerprint density at radius 2 is 2.00 bits per heavy atom. The van der Waals surface area contributed by atoms with Gasteiger partial charge in [-0.05, 0) is 42.2 Å². The zero-order valence-electron chi connectivity index (χ0n) is 10.9. The number of hydrogen-bond acceptors (Lipinski definition) is 4. The van der Waals surface area contributed by atoms with E-state index in [1.807, 2.05) is 24.3 Å². The lowest BCUT2D eigenvalue weighted by Gasteiger charge is -2.16. The van der Waals surface area contributed by atoms with Crippen molar-refractivity contribution in [3.05, 3.63) is 47.5 Å². The molecule has 0 saturated heterocycles. The van der Waals surface area contributed by atoms with Crippen molar-refractivity contribution < 1.29 is 14.6 Å². The van der Waals surface area contributed by atoms with Crippen molar-refractivity contribution in [1.82, 2.24) is 0 Å². The first-order chi connectivity index (χ1) is 9.81. The molecule has 0 amide bonds. The molecule has 1 atom stereocenters. The van der Waals surface area contributed by atoms with Gasteiger partial charge in [0.2, 0.25) is 6.79 Å².